The van der Waals surface area contributed by atoms with E-state index in [2.05, 4.69) is 6.92 Å². The number of likely N-dealkylation sites (N-methyl/N-ethyl adjacent to an activating group) is 1. The molecular formula is C27H58N2O4+2. The van der Waals surface area contributed by atoms with Gasteiger partial charge in [0.1, 0.15) is 13.1 Å². The van der Waals surface area contributed by atoms with Crippen LogP contribution in [0.25, 0.3) is 0 Å². The molecule has 0 bridgehead atoms. The minimum Gasteiger partial charge on any atom is -0.472 e. The van der Waals surface area contributed by atoms with E-state index in [-0.39, 0.29) is 22.2 Å². The molecule has 0 aromatic heterocycles. The number of unbranched alkanes of at least 4 members (excludes halogenated alkanes) is 15. The zero-order valence-corrected chi connectivity index (χ0v) is 22.6. The highest BCUT2D eigenvalue weighted by molar-refractivity contribution is 5.70. The van der Waals surface area contributed by atoms with Crippen LogP contribution in [0.5, 0.6) is 0 Å². The van der Waals surface area contributed by atoms with Crippen LogP contribution in [0.1, 0.15) is 110 Å². The fourth-order valence-corrected chi connectivity index (χ4v) is 5.38. The highest BCUT2D eigenvalue weighted by atomic mass is 16.4. The van der Waals surface area contributed by atoms with Crippen LogP contribution in [-0.4, -0.2) is 90.4 Å². The van der Waals surface area contributed by atoms with Gasteiger partial charge in [0.05, 0.1) is 40.9 Å². The number of carboxylic acids is 1. The number of nitrogens with zero attached hydrogens (tertiary/aromatic N) is 2. The second kappa shape index (κ2) is 19.6. The minimum atomic E-state index is -0.860. The normalized spacial score (nSPS) is 13.4. The van der Waals surface area contributed by atoms with Crippen LogP contribution in [0.15, 0.2) is 0 Å². The standard InChI is InChI=1S/C27H57N2O4/c1-5-6-7-8-9-10-11-12-13-14-15-16-17-18-19-20-21-29(22-24-30,23-25-31)26(27(32)33)28(2,3)4/h26,30-31H,5-25H2,1-4H3/q+1/p+1. The Morgan fingerprint density at radius 3 is 1.21 bits per heavy atom. The third-order valence-electron chi connectivity index (χ3n) is 7.02. The number of carbonyl (C=O) groups is 1. The number of aliphatic hydroxyl groups excluding tert-OH is 2. The number of hydrogen-bond donors (Lipinski definition) is 3. The predicted molar refractivity (Wildman–Crippen MR) is 138 cm³/mol. The van der Waals surface area contributed by atoms with Gasteiger partial charge in [0.2, 0.25) is 0 Å². The zero-order chi connectivity index (χ0) is 25.0. The second-order valence-corrected chi connectivity index (χ2v) is 11.0. The van der Waals surface area contributed by atoms with Gasteiger partial charge in [0.25, 0.3) is 0 Å². The van der Waals surface area contributed by atoms with Gasteiger partial charge < -0.3 is 15.3 Å². The number of aliphatic hydroxyl groups is 2. The van der Waals surface area contributed by atoms with Crippen molar-refractivity contribution in [3.63, 3.8) is 0 Å². The summed E-state index contributed by atoms with van der Waals surface area (Å²) in [4.78, 5) is 12.1. The van der Waals surface area contributed by atoms with E-state index in [1.807, 2.05) is 21.1 Å². The van der Waals surface area contributed by atoms with E-state index in [4.69, 9.17) is 0 Å². The van der Waals surface area contributed by atoms with Gasteiger partial charge in [-0.1, -0.05) is 96.8 Å². The van der Waals surface area contributed by atoms with Gasteiger partial charge >= 0.3 is 12.1 Å². The van der Waals surface area contributed by atoms with Crippen LogP contribution in [0.3, 0.4) is 0 Å². The molecule has 0 amide bonds. The first kappa shape index (κ1) is 32.3. The quantitative estimate of drug-likeness (QED) is 0.102. The van der Waals surface area contributed by atoms with Gasteiger partial charge in [-0.3, -0.25) is 8.97 Å². The molecule has 0 aromatic carbocycles. The summed E-state index contributed by atoms with van der Waals surface area (Å²) < 4.78 is 0.513. The van der Waals surface area contributed by atoms with E-state index >= 15 is 0 Å². The maximum atomic E-state index is 12.1. The molecule has 33 heavy (non-hydrogen) atoms. The first-order chi connectivity index (χ1) is 15.7. The summed E-state index contributed by atoms with van der Waals surface area (Å²) in [7, 11) is 5.65. The molecule has 1 atom stereocenters. The van der Waals surface area contributed by atoms with Gasteiger partial charge in [0, 0.05) is 0 Å². The summed E-state index contributed by atoms with van der Waals surface area (Å²) in [5.74, 6) is -0.860. The van der Waals surface area contributed by atoms with Gasteiger partial charge in [-0.05, 0) is 12.8 Å². The Balaban J connectivity index is 4.09. The summed E-state index contributed by atoms with van der Waals surface area (Å²) in [6.45, 7) is 3.56. The monoisotopic (exact) mass is 474 g/mol. The smallest absolute Gasteiger partial charge is 0.423 e. The van der Waals surface area contributed by atoms with Gasteiger partial charge in [0.15, 0.2) is 0 Å². The molecular weight excluding hydrogens is 416 g/mol. The number of carboxylic acid groups (broad SMARTS) is 1. The van der Waals surface area contributed by atoms with Crippen molar-refractivity contribution in [1.82, 2.24) is 0 Å². The van der Waals surface area contributed by atoms with Crippen molar-refractivity contribution in [2.75, 3.05) is 54.0 Å². The largest absolute Gasteiger partial charge is 0.472 e. The molecule has 1 unspecified atom stereocenters. The highest BCUT2D eigenvalue weighted by Gasteiger charge is 2.49. The van der Waals surface area contributed by atoms with Crippen LogP contribution >= 0.6 is 0 Å². The van der Waals surface area contributed by atoms with Crippen LogP contribution in [0.2, 0.25) is 0 Å². The molecule has 0 heterocycles. The van der Waals surface area contributed by atoms with Gasteiger partial charge in [-0.15, -0.1) is 0 Å². The summed E-state index contributed by atoms with van der Waals surface area (Å²) >= 11 is 0. The average molecular weight is 475 g/mol. The molecule has 0 aliphatic heterocycles. The van der Waals surface area contributed by atoms with Crippen LogP contribution < -0.4 is 0 Å². The Kier molecular flexibility index (Phi) is 19.2. The van der Waals surface area contributed by atoms with E-state index < -0.39 is 12.1 Å². The van der Waals surface area contributed by atoms with Gasteiger partial charge in [-0.25, -0.2) is 4.79 Å². The topological polar surface area (TPSA) is 77.8 Å². The summed E-state index contributed by atoms with van der Waals surface area (Å²) in [6.07, 6.45) is 20.3. The highest BCUT2D eigenvalue weighted by Crippen LogP contribution is 2.23. The van der Waals surface area contributed by atoms with Crippen molar-refractivity contribution < 1.29 is 29.1 Å². The van der Waals surface area contributed by atoms with E-state index in [1.165, 1.54) is 89.9 Å². The first-order valence-electron chi connectivity index (χ1n) is 13.9. The molecule has 198 valence electrons. The van der Waals surface area contributed by atoms with Crippen molar-refractivity contribution in [3.05, 3.63) is 0 Å². The van der Waals surface area contributed by atoms with E-state index in [0.717, 1.165) is 12.8 Å². The zero-order valence-electron chi connectivity index (χ0n) is 22.6. The Hall–Kier alpha value is -0.690. The number of quaternary nitrogens is 2. The van der Waals surface area contributed by atoms with Crippen molar-refractivity contribution in [1.29, 1.82) is 0 Å². The molecule has 0 spiro atoms. The molecule has 0 saturated heterocycles. The molecule has 0 rings (SSSR count). The SMILES string of the molecule is CCCCCCCCCCCCCCCCCC[N+](CCO)(CCO)C(C(=O)O)[N+](C)(C)C. The fraction of sp³-hybridized carbons (Fsp3) is 0.963. The van der Waals surface area contributed by atoms with E-state index in [9.17, 15) is 20.1 Å². The molecule has 0 aliphatic rings. The van der Waals surface area contributed by atoms with E-state index in [0.29, 0.717) is 19.6 Å². The lowest BCUT2D eigenvalue weighted by Gasteiger charge is -2.46. The maximum Gasteiger partial charge on any atom is 0.423 e. The molecule has 0 aromatic rings. The second-order valence-electron chi connectivity index (χ2n) is 11.0. The maximum absolute atomic E-state index is 12.1. The van der Waals surface area contributed by atoms with Crippen molar-refractivity contribution >= 4 is 5.97 Å². The summed E-state index contributed by atoms with van der Waals surface area (Å²) in [5.41, 5.74) is 0. The number of aliphatic carboxylic acids is 1. The Bertz CT molecular complexity index is 460. The lowest BCUT2D eigenvalue weighted by atomic mass is 10.0. The molecule has 3 N–H and O–H groups in total. The van der Waals surface area contributed by atoms with Crippen molar-refractivity contribution in [3.8, 4) is 0 Å². The average Bonchev–Trinajstić information content (AvgIpc) is 2.72. The van der Waals surface area contributed by atoms with Crippen LogP contribution in [-0.2, 0) is 4.79 Å². The van der Waals surface area contributed by atoms with Crippen molar-refractivity contribution in [2.24, 2.45) is 0 Å². The predicted octanol–water partition coefficient (Wildman–Crippen LogP) is 5.17. The molecule has 6 nitrogen and oxygen atoms in total. The van der Waals surface area contributed by atoms with Crippen LogP contribution in [0, 0.1) is 0 Å². The Morgan fingerprint density at radius 2 is 0.939 bits per heavy atom. The third kappa shape index (κ3) is 15.0. The van der Waals surface area contributed by atoms with Crippen LogP contribution in [0.4, 0.5) is 0 Å². The van der Waals surface area contributed by atoms with Gasteiger partial charge in [-0.2, -0.15) is 0 Å². The molecule has 0 saturated carbocycles. The van der Waals surface area contributed by atoms with E-state index in [1.54, 1.807) is 0 Å². The Morgan fingerprint density at radius 1 is 0.606 bits per heavy atom. The van der Waals surface area contributed by atoms with Crippen molar-refractivity contribution in [2.45, 2.75) is 116 Å². The lowest BCUT2D eigenvalue weighted by Crippen LogP contribution is -2.71. The molecule has 0 radical (unpaired) electrons. The third-order valence-corrected chi connectivity index (χ3v) is 7.02. The lowest BCUT2D eigenvalue weighted by molar-refractivity contribution is -1.10. The number of rotatable bonds is 24. The minimum absolute atomic E-state index is 0.0668. The molecule has 6 heteroatoms. The summed E-state index contributed by atoms with van der Waals surface area (Å²) in [5, 5.41) is 29.3. The number of hydrogen-bond acceptors (Lipinski definition) is 3. The fourth-order valence-electron chi connectivity index (χ4n) is 5.38. The first-order valence-corrected chi connectivity index (χ1v) is 13.9. The molecule has 0 aliphatic carbocycles. The Labute approximate surface area is 205 Å². The molecule has 0 fully saturated rings. The summed E-state index contributed by atoms with van der Waals surface area (Å²) in [6, 6.07) is 0.